The van der Waals surface area contributed by atoms with E-state index in [4.69, 9.17) is 10.5 Å². The highest BCUT2D eigenvalue weighted by molar-refractivity contribution is 5.91. The van der Waals surface area contributed by atoms with Crippen molar-refractivity contribution < 1.29 is 19.1 Å². The molecule has 1 aromatic carbocycles. The zero-order valence-corrected chi connectivity index (χ0v) is 17.8. The molecule has 0 bridgehead atoms. The highest BCUT2D eigenvalue weighted by atomic mass is 16.6. The number of rotatable bonds is 7. The third kappa shape index (κ3) is 6.15. The Morgan fingerprint density at radius 2 is 1.90 bits per heavy atom. The number of para-hydroxylation sites is 1. The Morgan fingerprint density at radius 1 is 1.24 bits per heavy atom. The normalized spacial score (nSPS) is 13.9. The predicted octanol–water partition coefficient (Wildman–Crippen LogP) is 3.02. The number of carbonyl (C=O) groups is 3. The van der Waals surface area contributed by atoms with E-state index in [9.17, 15) is 14.4 Å². The minimum Gasteiger partial charge on any atom is -0.443 e. The second-order valence-corrected chi connectivity index (χ2v) is 8.70. The molecule has 29 heavy (non-hydrogen) atoms. The predicted molar refractivity (Wildman–Crippen MR) is 113 cm³/mol. The van der Waals surface area contributed by atoms with Crippen LogP contribution in [0.4, 0.5) is 4.79 Å². The highest BCUT2D eigenvalue weighted by Crippen LogP contribution is 2.23. The Morgan fingerprint density at radius 3 is 2.48 bits per heavy atom. The molecule has 0 saturated carbocycles. The van der Waals surface area contributed by atoms with Crippen LogP contribution in [0.5, 0.6) is 0 Å². The van der Waals surface area contributed by atoms with Crippen molar-refractivity contribution in [3.05, 3.63) is 36.0 Å². The molecule has 158 valence electrons. The number of benzene rings is 1. The lowest BCUT2D eigenvalue weighted by Crippen LogP contribution is -2.47. The zero-order valence-electron chi connectivity index (χ0n) is 17.8. The first-order valence-electron chi connectivity index (χ1n) is 9.85. The van der Waals surface area contributed by atoms with Crippen molar-refractivity contribution in [2.75, 3.05) is 0 Å². The van der Waals surface area contributed by atoms with E-state index in [-0.39, 0.29) is 12.3 Å². The van der Waals surface area contributed by atoms with E-state index in [0.717, 1.165) is 11.7 Å². The van der Waals surface area contributed by atoms with Gasteiger partial charge in [-0.1, -0.05) is 32.0 Å². The van der Waals surface area contributed by atoms with Crippen LogP contribution in [0.1, 0.15) is 46.7 Å². The van der Waals surface area contributed by atoms with Crippen LogP contribution in [0.2, 0.25) is 0 Å². The van der Waals surface area contributed by atoms with Crippen molar-refractivity contribution in [3.8, 4) is 0 Å². The molecule has 0 unspecified atom stereocenters. The first-order valence-corrected chi connectivity index (χ1v) is 9.85. The number of carbonyl (C=O) groups excluding carboxylic acids is 3. The standard InChI is InChI=1S/C22H31N3O4/c1-14(2)10-16(13-26)24-20(27)18(23)12-17-11-15-8-6-7-9-19(15)25(17)21(28)29-22(3,4)5/h6-9,11,13-14,16,18H,10,12,23H2,1-5H3,(H,24,27)/t16-,18+/m1/s1. The third-order valence-corrected chi connectivity index (χ3v) is 4.35. The summed E-state index contributed by atoms with van der Waals surface area (Å²) in [5.41, 5.74) is 6.72. The van der Waals surface area contributed by atoms with Gasteiger partial charge in [-0.05, 0) is 45.2 Å². The summed E-state index contributed by atoms with van der Waals surface area (Å²) in [4.78, 5) is 36.5. The molecule has 1 amide bonds. The Labute approximate surface area is 171 Å². The molecular weight excluding hydrogens is 370 g/mol. The Balaban J connectivity index is 2.26. The van der Waals surface area contributed by atoms with Crippen LogP contribution in [-0.2, 0) is 20.7 Å². The van der Waals surface area contributed by atoms with E-state index in [1.807, 2.05) is 44.2 Å². The number of amides is 1. The van der Waals surface area contributed by atoms with Gasteiger partial charge in [-0.25, -0.2) is 9.36 Å². The lowest BCUT2D eigenvalue weighted by Gasteiger charge is -2.22. The average Bonchev–Trinajstić information content (AvgIpc) is 2.96. The lowest BCUT2D eigenvalue weighted by atomic mass is 10.0. The molecule has 0 radical (unpaired) electrons. The molecule has 1 heterocycles. The molecule has 0 aliphatic carbocycles. The summed E-state index contributed by atoms with van der Waals surface area (Å²) >= 11 is 0. The fourth-order valence-corrected chi connectivity index (χ4v) is 3.15. The quantitative estimate of drug-likeness (QED) is 0.694. The summed E-state index contributed by atoms with van der Waals surface area (Å²) in [5.74, 6) is -0.167. The number of aldehydes is 1. The zero-order chi connectivity index (χ0) is 21.8. The second-order valence-electron chi connectivity index (χ2n) is 8.70. The number of nitrogens with one attached hydrogen (secondary N) is 1. The van der Waals surface area contributed by atoms with Crippen LogP contribution in [0, 0.1) is 5.92 Å². The van der Waals surface area contributed by atoms with Gasteiger partial charge in [0, 0.05) is 17.5 Å². The smallest absolute Gasteiger partial charge is 0.419 e. The molecule has 0 spiro atoms. The van der Waals surface area contributed by atoms with E-state index < -0.39 is 29.7 Å². The van der Waals surface area contributed by atoms with E-state index in [1.165, 1.54) is 4.57 Å². The van der Waals surface area contributed by atoms with Gasteiger partial charge >= 0.3 is 6.09 Å². The van der Waals surface area contributed by atoms with Gasteiger partial charge in [0.1, 0.15) is 11.9 Å². The van der Waals surface area contributed by atoms with Crippen LogP contribution in [0.3, 0.4) is 0 Å². The molecule has 2 atom stereocenters. The number of ether oxygens (including phenoxy) is 1. The Bertz CT molecular complexity index is 880. The number of hydrogen-bond acceptors (Lipinski definition) is 5. The van der Waals surface area contributed by atoms with Crippen molar-refractivity contribution in [1.82, 2.24) is 9.88 Å². The molecule has 7 nitrogen and oxygen atoms in total. The van der Waals surface area contributed by atoms with Crippen LogP contribution in [-0.4, -0.2) is 40.5 Å². The van der Waals surface area contributed by atoms with Crippen LogP contribution < -0.4 is 11.1 Å². The fraction of sp³-hybridized carbons (Fsp3) is 0.500. The fourth-order valence-electron chi connectivity index (χ4n) is 3.15. The molecule has 7 heteroatoms. The van der Waals surface area contributed by atoms with E-state index in [0.29, 0.717) is 17.6 Å². The lowest BCUT2D eigenvalue weighted by molar-refractivity contribution is -0.125. The van der Waals surface area contributed by atoms with Crippen LogP contribution in [0.25, 0.3) is 10.9 Å². The molecular formula is C22H31N3O4. The molecule has 0 aliphatic rings. The molecule has 3 N–H and O–H groups in total. The first kappa shape index (κ1) is 22.6. The largest absolute Gasteiger partial charge is 0.443 e. The second kappa shape index (κ2) is 9.22. The maximum atomic E-state index is 12.8. The van der Waals surface area contributed by atoms with Gasteiger partial charge in [0.2, 0.25) is 5.91 Å². The van der Waals surface area contributed by atoms with Crippen molar-refractivity contribution in [1.29, 1.82) is 0 Å². The topological polar surface area (TPSA) is 103 Å². The Hall–Kier alpha value is -2.67. The number of hydrogen-bond donors (Lipinski definition) is 2. The van der Waals surface area contributed by atoms with Gasteiger partial charge in [-0.3, -0.25) is 4.79 Å². The van der Waals surface area contributed by atoms with E-state index in [1.54, 1.807) is 20.8 Å². The molecule has 2 rings (SSSR count). The monoisotopic (exact) mass is 401 g/mol. The molecule has 0 aliphatic heterocycles. The van der Waals surface area contributed by atoms with Gasteiger partial charge in [0.15, 0.2) is 0 Å². The van der Waals surface area contributed by atoms with Gasteiger partial charge in [0.25, 0.3) is 0 Å². The number of nitrogens with two attached hydrogens (primary N) is 1. The van der Waals surface area contributed by atoms with Gasteiger partial charge in [0.05, 0.1) is 17.6 Å². The van der Waals surface area contributed by atoms with Crippen molar-refractivity contribution in [3.63, 3.8) is 0 Å². The molecule has 1 aromatic heterocycles. The minimum atomic E-state index is -0.907. The van der Waals surface area contributed by atoms with Crippen molar-refractivity contribution >= 4 is 29.2 Å². The third-order valence-electron chi connectivity index (χ3n) is 4.35. The van der Waals surface area contributed by atoms with E-state index in [2.05, 4.69) is 5.32 Å². The summed E-state index contributed by atoms with van der Waals surface area (Å²) in [5, 5.41) is 3.53. The van der Waals surface area contributed by atoms with Crippen molar-refractivity contribution in [2.45, 2.75) is 65.1 Å². The number of aromatic nitrogens is 1. The number of fused-ring (bicyclic) bond motifs is 1. The van der Waals surface area contributed by atoms with Gasteiger partial charge < -0.3 is 20.6 Å². The minimum absolute atomic E-state index is 0.132. The first-order chi connectivity index (χ1) is 13.5. The van der Waals surface area contributed by atoms with Crippen molar-refractivity contribution in [2.24, 2.45) is 11.7 Å². The van der Waals surface area contributed by atoms with E-state index >= 15 is 0 Å². The summed E-state index contributed by atoms with van der Waals surface area (Å²) in [6.07, 6.45) is 0.877. The maximum absolute atomic E-state index is 12.8. The van der Waals surface area contributed by atoms with Crippen LogP contribution >= 0.6 is 0 Å². The molecule has 2 aromatic rings. The maximum Gasteiger partial charge on any atom is 0.419 e. The molecule has 0 fully saturated rings. The summed E-state index contributed by atoms with van der Waals surface area (Å²) < 4.78 is 6.99. The summed E-state index contributed by atoms with van der Waals surface area (Å²) in [6, 6.07) is 7.76. The summed E-state index contributed by atoms with van der Waals surface area (Å²) in [7, 11) is 0. The molecule has 0 saturated heterocycles. The average molecular weight is 402 g/mol. The van der Waals surface area contributed by atoms with Gasteiger partial charge in [-0.15, -0.1) is 0 Å². The SMILES string of the molecule is CC(C)C[C@H](C=O)NC(=O)[C@@H](N)Cc1cc2ccccc2n1C(=O)OC(C)(C)C. The highest BCUT2D eigenvalue weighted by Gasteiger charge is 2.25. The number of nitrogens with zero attached hydrogens (tertiary/aromatic N) is 1. The van der Waals surface area contributed by atoms with Gasteiger partial charge in [-0.2, -0.15) is 0 Å². The Kier molecular flexibility index (Phi) is 7.19. The van der Waals surface area contributed by atoms with Crippen LogP contribution in [0.15, 0.2) is 30.3 Å². The summed E-state index contributed by atoms with van der Waals surface area (Å²) in [6.45, 7) is 9.33.